The maximum atomic E-state index is 14.0. The average Bonchev–Trinajstić information content (AvgIpc) is 3.18. The minimum absolute atomic E-state index is 0.00297. The van der Waals surface area contributed by atoms with Gasteiger partial charge in [0.1, 0.15) is 21.4 Å². The third-order valence-corrected chi connectivity index (χ3v) is 6.40. The summed E-state index contributed by atoms with van der Waals surface area (Å²) in [6.45, 7) is 0. The zero-order chi connectivity index (χ0) is 21.6. The van der Waals surface area contributed by atoms with Gasteiger partial charge in [-0.15, -0.1) is 0 Å². The van der Waals surface area contributed by atoms with E-state index in [9.17, 15) is 30.8 Å². The SMILES string of the molecule is Cn1cc(S(=O)(=O)NC2CCCC2(F)F)cc1C(=O)Nc1ccc(F)c(Cl)c1F. The van der Waals surface area contributed by atoms with Crippen LogP contribution in [0.1, 0.15) is 29.8 Å². The van der Waals surface area contributed by atoms with Crippen molar-refractivity contribution >= 4 is 33.2 Å². The van der Waals surface area contributed by atoms with E-state index in [2.05, 4.69) is 5.32 Å². The molecule has 1 heterocycles. The van der Waals surface area contributed by atoms with Gasteiger partial charge in [-0.25, -0.2) is 30.7 Å². The number of amides is 1. The van der Waals surface area contributed by atoms with Crippen LogP contribution in [0.25, 0.3) is 0 Å². The zero-order valence-electron chi connectivity index (χ0n) is 15.0. The lowest BCUT2D eigenvalue weighted by Gasteiger charge is -2.19. The highest BCUT2D eigenvalue weighted by molar-refractivity contribution is 7.89. The van der Waals surface area contributed by atoms with Gasteiger partial charge in [0.25, 0.3) is 11.8 Å². The Bertz CT molecular complexity index is 1070. The Morgan fingerprint density at radius 1 is 1.31 bits per heavy atom. The number of hydrogen-bond donors (Lipinski definition) is 2. The largest absolute Gasteiger partial charge is 0.345 e. The maximum Gasteiger partial charge on any atom is 0.272 e. The van der Waals surface area contributed by atoms with Gasteiger partial charge < -0.3 is 9.88 Å². The number of carbonyl (C=O) groups excluding carboxylic acids is 1. The van der Waals surface area contributed by atoms with E-state index in [0.717, 1.165) is 29.0 Å². The molecule has 29 heavy (non-hydrogen) atoms. The fourth-order valence-corrected chi connectivity index (χ4v) is 4.57. The molecule has 1 aliphatic rings. The monoisotopic (exact) mass is 453 g/mol. The number of nitrogens with one attached hydrogen (secondary N) is 2. The van der Waals surface area contributed by atoms with Crippen LogP contribution in [0.5, 0.6) is 0 Å². The Hall–Kier alpha value is -2.11. The molecule has 12 heteroatoms. The number of halogens is 5. The first-order valence-electron chi connectivity index (χ1n) is 8.44. The molecule has 2 aromatic rings. The minimum Gasteiger partial charge on any atom is -0.345 e. The van der Waals surface area contributed by atoms with Gasteiger partial charge in [-0.05, 0) is 31.0 Å². The second-order valence-corrected chi connectivity index (χ2v) is 8.77. The molecule has 1 aromatic heterocycles. The van der Waals surface area contributed by atoms with Gasteiger partial charge in [-0.1, -0.05) is 11.6 Å². The molecule has 1 fully saturated rings. The molecule has 2 N–H and O–H groups in total. The lowest BCUT2D eigenvalue weighted by molar-refractivity contribution is -0.0113. The molecule has 1 amide bonds. The summed E-state index contributed by atoms with van der Waals surface area (Å²) in [6.07, 6.45) is 0.845. The number of nitrogens with zero attached hydrogens (tertiary/aromatic N) is 1. The fourth-order valence-electron chi connectivity index (χ4n) is 3.04. The summed E-state index contributed by atoms with van der Waals surface area (Å²) < 4.78 is 82.7. The van der Waals surface area contributed by atoms with Crippen LogP contribution in [0.3, 0.4) is 0 Å². The summed E-state index contributed by atoms with van der Waals surface area (Å²) >= 11 is 5.46. The molecule has 1 aliphatic carbocycles. The number of benzene rings is 1. The fraction of sp³-hybridized carbons (Fsp3) is 0.353. The Kier molecular flexibility index (Phi) is 5.67. The molecule has 0 bridgehead atoms. The summed E-state index contributed by atoms with van der Waals surface area (Å²) in [5.74, 6) is -6.25. The predicted molar refractivity (Wildman–Crippen MR) is 97.6 cm³/mol. The van der Waals surface area contributed by atoms with Crippen molar-refractivity contribution in [3.05, 3.63) is 46.7 Å². The third-order valence-electron chi connectivity index (χ3n) is 4.62. The van der Waals surface area contributed by atoms with Gasteiger partial charge in [-0.3, -0.25) is 4.79 Å². The number of alkyl halides is 2. The van der Waals surface area contributed by atoms with Crippen LogP contribution in [0, 0.1) is 11.6 Å². The summed E-state index contributed by atoms with van der Waals surface area (Å²) in [6, 6.07) is 1.25. The maximum absolute atomic E-state index is 14.0. The van der Waals surface area contributed by atoms with E-state index >= 15 is 0 Å². The van der Waals surface area contributed by atoms with E-state index in [-0.39, 0.29) is 18.5 Å². The van der Waals surface area contributed by atoms with Crippen LogP contribution < -0.4 is 10.0 Å². The summed E-state index contributed by atoms with van der Waals surface area (Å²) in [5.41, 5.74) is -0.598. The highest BCUT2D eigenvalue weighted by atomic mass is 35.5. The first-order chi connectivity index (χ1) is 13.4. The van der Waals surface area contributed by atoms with E-state index in [1.54, 1.807) is 0 Å². The van der Waals surface area contributed by atoms with Crippen LogP contribution in [-0.2, 0) is 17.1 Å². The van der Waals surface area contributed by atoms with Crippen LogP contribution in [0.2, 0.25) is 5.02 Å². The normalized spacial score (nSPS) is 18.8. The molecule has 158 valence electrons. The van der Waals surface area contributed by atoms with Crippen molar-refractivity contribution in [1.82, 2.24) is 9.29 Å². The van der Waals surface area contributed by atoms with E-state index in [0.29, 0.717) is 0 Å². The number of aryl methyl sites for hydroxylation is 1. The van der Waals surface area contributed by atoms with Gasteiger partial charge in [0, 0.05) is 19.7 Å². The summed E-state index contributed by atoms with van der Waals surface area (Å²) in [4.78, 5) is 12.0. The minimum atomic E-state index is -4.32. The molecule has 6 nitrogen and oxygen atoms in total. The molecule has 1 saturated carbocycles. The average molecular weight is 454 g/mol. The predicted octanol–water partition coefficient (Wildman–Crippen LogP) is 3.68. The van der Waals surface area contributed by atoms with Gasteiger partial charge >= 0.3 is 0 Å². The van der Waals surface area contributed by atoms with Crippen LogP contribution in [0.15, 0.2) is 29.3 Å². The lowest BCUT2D eigenvalue weighted by Crippen LogP contribution is -2.43. The zero-order valence-corrected chi connectivity index (χ0v) is 16.6. The molecule has 1 unspecified atom stereocenters. The van der Waals surface area contributed by atoms with Crippen molar-refractivity contribution in [2.45, 2.75) is 36.1 Å². The lowest BCUT2D eigenvalue weighted by atomic mass is 10.2. The number of anilines is 1. The van der Waals surface area contributed by atoms with Crippen molar-refractivity contribution < 1.29 is 30.8 Å². The van der Waals surface area contributed by atoms with Crippen molar-refractivity contribution in [2.24, 2.45) is 7.05 Å². The van der Waals surface area contributed by atoms with Gasteiger partial charge in [-0.2, -0.15) is 0 Å². The Morgan fingerprint density at radius 3 is 2.62 bits per heavy atom. The first-order valence-corrected chi connectivity index (χ1v) is 10.3. The van der Waals surface area contributed by atoms with Crippen molar-refractivity contribution in [3.63, 3.8) is 0 Å². The summed E-state index contributed by atoms with van der Waals surface area (Å²) in [5, 5.41) is 1.36. The molecular formula is C17H16ClF4N3O3S. The molecule has 0 radical (unpaired) electrons. The molecule has 1 atom stereocenters. The number of hydrogen-bond acceptors (Lipinski definition) is 3. The quantitative estimate of drug-likeness (QED) is 0.535. The number of aromatic nitrogens is 1. The van der Waals surface area contributed by atoms with E-state index in [1.807, 2.05) is 4.72 Å². The topological polar surface area (TPSA) is 80.2 Å². The molecule has 3 rings (SSSR count). The Labute approximate surface area is 168 Å². The van der Waals surface area contributed by atoms with Gasteiger partial charge in [0.15, 0.2) is 5.82 Å². The number of carbonyl (C=O) groups is 1. The standard InChI is InChI=1S/C17H16ClF4N3O3S/c1-25-8-9(29(27,28)24-13-3-2-6-17(13,21)22)7-12(25)16(26)23-11-5-4-10(19)14(18)15(11)20/h4-5,7-8,13,24H,2-3,6H2,1H3,(H,23,26). The van der Waals surface area contributed by atoms with Crippen molar-refractivity contribution in [2.75, 3.05) is 5.32 Å². The third kappa shape index (κ3) is 4.26. The molecule has 0 aliphatic heterocycles. The van der Waals surface area contributed by atoms with Gasteiger partial charge in [0.2, 0.25) is 10.0 Å². The number of rotatable bonds is 5. The number of sulfonamides is 1. The smallest absolute Gasteiger partial charge is 0.272 e. The Morgan fingerprint density at radius 2 is 2.00 bits per heavy atom. The van der Waals surface area contributed by atoms with E-state index in [4.69, 9.17) is 11.6 Å². The highest BCUT2D eigenvalue weighted by Gasteiger charge is 2.46. The molecular weight excluding hydrogens is 438 g/mol. The summed E-state index contributed by atoms with van der Waals surface area (Å²) in [7, 11) is -2.97. The van der Waals surface area contributed by atoms with Crippen LogP contribution in [-0.4, -0.2) is 30.9 Å². The van der Waals surface area contributed by atoms with E-state index in [1.165, 1.54) is 7.05 Å². The Balaban J connectivity index is 1.83. The van der Waals surface area contributed by atoms with Crippen molar-refractivity contribution in [3.8, 4) is 0 Å². The molecule has 0 saturated heterocycles. The van der Waals surface area contributed by atoms with Crippen LogP contribution >= 0.6 is 11.6 Å². The van der Waals surface area contributed by atoms with Crippen LogP contribution in [0.4, 0.5) is 23.2 Å². The highest BCUT2D eigenvalue weighted by Crippen LogP contribution is 2.36. The second kappa shape index (κ2) is 7.62. The van der Waals surface area contributed by atoms with E-state index < -0.39 is 61.6 Å². The van der Waals surface area contributed by atoms with Gasteiger partial charge in [0.05, 0.1) is 11.7 Å². The van der Waals surface area contributed by atoms with Crippen molar-refractivity contribution in [1.29, 1.82) is 0 Å². The molecule has 1 aromatic carbocycles. The first kappa shape index (κ1) is 21.6. The second-order valence-electron chi connectivity index (χ2n) is 6.68. The molecule has 0 spiro atoms.